The maximum Gasteiger partial charge on any atom is 0.163 e. The van der Waals surface area contributed by atoms with Gasteiger partial charge in [0.05, 0.1) is 43.2 Å². The second kappa shape index (κ2) is 19.6. The van der Waals surface area contributed by atoms with Gasteiger partial charge in [-0.25, -0.2) is 38.4 Å². The van der Waals surface area contributed by atoms with Crippen LogP contribution in [0.1, 0.15) is 0 Å². The van der Waals surface area contributed by atoms with Crippen LogP contribution in [0.3, 0.4) is 0 Å². The fraction of sp³-hybridized carbons (Fsp3) is 0.146. The van der Waals surface area contributed by atoms with Crippen molar-refractivity contribution in [2.75, 3.05) is 49.9 Å². The van der Waals surface area contributed by atoms with Crippen molar-refractivity contribution in [2.24, 2.45) is 0 Å². The van der Waals surface area contributed by atoms with Gasteiger partial charge in [-0.05, 0) is 60.7 Å². The molecule has 0 unspecified atom stereocenters. The van der Waals surface area contributed by atoms with Gasteiger partial charge in [0.15, 0.2) is 23.0 Å². The van der Waals surface area contributed by atoms with Gasteiger partial charge in [0, 0.05) is 57.6 Å². The zero-order valence-corrected chi connectivity index (χ0v) is 33.5. The van der Waals surface area contributed by atoms with Gasteiger partial charge in [0.2, 0.25) is 0 Å². The van der Waals surface area contributed by atoms with Crippen molar-refractivity contribution in [3.63, 3.8) is 0 Å². The second-order valence-corrected chi connectivity index (χ2v) is 13.4. The summed E-state index contributed by atoms with van der Waals surface area (Å²) in [4.78, 5) is 24.9. The summed E-state index contributed by atoms with van der Waals surface area (Å²) in [6.07, 6.45) is 9.31. The number of nitrogens with one attached hydrogen (secondary N) is 3. The molecule has 4 heterocycles. The SMILES string of the molecule is COc1cc2c(Nc3ccc(Cl)cc3F)ncnc2cc1OCCNc1ccncc1.COc1cc2c(Nc3ccc(Cl)cc3F)ncnc2cc1OCCn1cncn1. The van der Waals surface area contributed by atoms with Crippen molar-refractivity contribution in [1.29, 1.82) is 0 Å². The third-order valence-corrected chi connectivity index (χ3v) is 9.09. The Kier molecular flexibility index (Phi) is 13.4. The highest BCUT2D eigenvalue weighted by Crippen LogP contribution is 2.37. The van der Waals surface area contributed by atoms with Gasteiger partial charge in [0.25, 0.3) is 0 Å². The van der Waals surface area contributed by atoms with Gasteiger partial charge < -0.3 is 34.9 Å². The lowest BCUT2D eigenvalue weighted by molar-refractivity contribution is 0.274. The number of pyridine rings is 1. The van der Waals surface area contributed by atoms with E-state index in [2.05, 4.69) is 51.0 Å². The fourth-order valence-electron chi connectivity index (χ4n) is 5.73. The highest BCUT2D eigenvalue weighted by Gasteiger charge is 2.15. The number of methoxy groups -OCH3 is 2. The number of fused-ring (bicyclic) bond motifs is 2. The molecular weight excluding hydrogens is 819 g/mol. The number of ether oxygens (including phenoxy) is 4. The number of rotatable bonds is 15. The molecule has 0 spiro atoms. The Bertz CT molecular complexity index is 2700. The number of hydrogen-bond acceptors (Lipinski definition) is 14. The van der Waals surface area contributed by atoms with Gasteiger partial charge in [-0.15, -0.1) is 0 Å². The van der Waals surface area contributed by atoms with Crippen molar-refractivity contribution in [2.45, 2.75) is 6.54 Å². The average Bonchev–Trinajstić information content (AvgIpc) is 3.78. The molecule has 0 saturated carbocycles. The Morgan fingerprint density at radius 1 is 0.617 bits per heavy atom. The molecule has 0 aliphatic rings. The Hall–Kier alpha value is -7.11. The van der Waals surface area contributed by atoms with E-state index in [-0.39, 0.29) is 11.4 Å². The van der Waals surface area contributed by atoms with Crippen molar-refractivity contribution in [3.8, 4) is 23.0 Å². The monoisotopic (exact) mass is 853 g/mol. The molecule has 4 aromatic carbocycles. The fourth-order valence-corrected chi connectivity index (χ4v) is 6.05. The van der Waals surface area contributed by atoms with Crippen molar-refractivity contribution >= 4 is 73.7 Å². The first-order chi connectivity index (χ1) is 29.3. The summed E-state index contributed by atoms with van der Waals surface area (Å²) >= 11 is 11.6. The minimum absolute atomic E-state index is 0.251. The molecule has 19 heteroatoms. The van der Waals surface area contributed by atoms with E-state index in [9.17, 15) is 8.78 Å². The Morgan fingerprint density at radius 3 is 1.67 bits per heavy atom. The molecule has 8 aromatic rings. The summed E-state index contributed by atoms with van der Waals surface area (Å²) in [5, 5.41) is 15.2. The molecule has 0 amide bonds. The predicted octanol–water partition coefficient (Wildman–Crippen LogP) is 8.91. The Balaban J connectivity index is 0.000000182. The lowest BCUT2D eigenvalue weighted by Crippen LogP contribution is -2.12. The van der Waals surface area contributed by atoms with E-state index in [1.165, 1.54) is 31.1 Å². The maximum atomic E-state index is 14.2. The van der Waals surface area contributed by atoms with E-state index in [1.54, 1.807) is 86.2 Å². The van der Waals surface area contributed by atoms with E-state index in [0.29, 0.717) is 92.8 Å². The molecule has 0 fully saturated rings. The van der Waals surface area contributed by atoms with Crippen LogP contribution < -0.4 is 34.9 Å². The van der Waals surface area contributed by atoms with Crippen LogP contribution in [0.2, 0.25) is 10.0 Å². The minimum atomic E-state index is -0.482. The van der Waals surface area contributed by atoms with Gasteiger partial charge >= 0.3 is 0 Å². The highest BCUT2D eigenvalue weighted by molar-refractivity contribution is 6.31. The summed E-state index contributed by atoms with van der Waals surface area (Å²) in [5.74, 6) is 2.02. The normalized spacial score (nSPS) is 10.8. The first-order valence-electron chi connectivity index (χ1n) is 18.1. The molecule has 15 nitrogen and oxygen atoms in total. The first-order valence-corrected chi connectivity index (χ1v) is 18.8. The summed E-state index contributed by atoms with van der Waals surface area (Å²) < 4.78 is 52.7. The second-order valence-electron chi connectivity index (χ2n) is 12.5. The largest absolute Gasteiger partial charge is 0.493 e. The van der Waals surface area contributed by atoms with Crippen LogP contribution in [-0.4, -0.2) is 73.7 Å². The molecule has 0 bridgehead atoms. The average molecular weight is 855 g/mol. The molecule has 0 radical (unpaired) electrons. The molecule has 3 N–H and O–H groups in total. The standard InChI is InChI=1S/C22H19ClFN5O2.C19H16ClFN6O2/c1-30-20-11-16-19(12-21(20)31-9-8-26-15-4-6-25-7-5-15)27-13-28-22(16)29-18-3-2-14(23)10-17(18)24;1-28-17-7-13-16(8-18(17)29-5-4-27-11-22-9-25-27)23-10-24-19(13)26-15-3-2-12(20)6-14(15)21/h2-7,10-13H,8-9H2,1H3,(H,25,26)(H,27,28,29);2-3,6-11H,4-5H2,1H3,(H,23,24,26). The van der Waals surface area contributed by atoms with Gasteiger partial charge in [-0.1, -0.05) is 23.2 Å². The van der Waals surface area contributed by atoms with Crippen LogP contribution in [0.25, 0.3) is 21.8 Å². The Labute approximate surface area is 351 Å². The third-order valence-electron chi connectivity index (χ3n) is 8.62. The van der Waals surface area contributed by atoms with Crippen molar-refractivity contribution in [1.82, 2.24) is 39.7 Å². The molecule has 8 rings (SSSR count). The molecule has 0 atom stereocenters. The van der Waals surface area contributed by atoms with Crippen LogP contribution in [0.5, 0.6) is 23.0 Å². The molecule has 0 aliphatic carbocycles. The van der Waals surface area contributed by atoms with Gasteiger partial charge in [0.1, 0.15) is 61.8 Å². The Morgan fingerprint density at radius 2 is 1.17 bits per heavy atom. The summed E-state index contributed by atoms with van der Waals surface area (Å²) in [6.45, 7) is 1.92. The van der Waals surface area contributed by atoms with Crippen LogP contribution in [0, 0.1) is 11.6 Å². The molecular formula is C41H35Cl2F2N11O4. The molecule has 4 aromatic heterocycles. The number of aromatic nitrogens is 8. The van der Waals surface area contributed by atoms with E-state index in [1.807, 2.05) is 12.1 Å². The number of nitrogens with zero attached hydrogens (tertiary/aromatic N) is 8. The zero-order chi connectivity index (χ0) is 41.8. The third kappa shape index (κ3) is 10.3. The lowest BCUT2D eigenvalue weighted by atomic mass is 10.2. The summed E-state index contributed by atoms with van der Waals surface area (Å²) in [5.41, 5.74) is 2.72. The predicted molar refractivity (Wildman–Crippen MR) is 225 cm³/mol. The number of benzene rings is 4. The van der Waals surface area contributed by atoms with Crippen LogP contribution >= 0.6 is 23.2 Å². The lowest BCUT2D eigenvalue weighted by Gasteiger charge is -2.14. The molecule has 0 aliphatic heterocycles. The van der Waals surface area contributed by atoms with Crippen LogP contribution in [-0.2, 0) is 6.54 Å². The van der Waals surface area contributed by atoms with Gasteiger partial charge in [-0.3, -0.25) is 4.98 Å². The first kappa shape index (κ1) is 41.1. The maximum absolute atomic E-state index is 14.2. The smallest absolute Gasteiger partial charge is 0.163 e. The van der Waals surface area contributed by atoms with E-state index in [4.69, 9.17) is 42.1 Å². The molecule has 306 valence electrons. The number of halogens is 4. The van der Waals surface area contributed by atoms with E-state index in [0.717, 1.165) is 5.69 Å². The van der Waals surface area contributed by atoms with E-state index >= 15 is 0 Å². The number of hydrogen-bond donors (Lipinski definition) is 3. The van der Waals surface area contributed by atoms with E-state index < -0.39 is 11.6 Å². The molecule has 60 heavy (non-hydrogen) atoms. The van der Waals surface area contributed by atoms with Crippen LogP contribution in [0.15, 0.2) is 110 Å². The van der Waals surface area contributed by atoms with Crippen molar-refractivity contribution < 1.29 is 27.7 Å². The quantitative estimate of drug-likeness (QED) is 0.0836. The summed E-state index contributed by atoms with van der Waals surface area (Å²) in [6, 6.07) is 19.5. The van der Waals surface area contributed by atoms with Crippen molar-refractivity contribution in [3.05, 3.63) is 132 Å². The highest BCUT2D eigenvalue weighted by atomic mass is 35.5. The molecule has 0 saturated heterocycles. The zero-order valence-electron chi connectivity index (χ0n) is 31.9. The van der Waals surface area contributed by atoms with Gasteiger partial charge in [-0.2, -0.15) is 5.10 Å². The summed E-state index contributed by atoms with van der Waals surface area (Å²) in [7, 11) is 3.10. The topological polar surface area (TPSA) is 168 Å². The minimum Gasteiger partial charge on any atom is -0.493 e. The van der Waals surface area contributed by atoms with Crippen LogP contribution in [0.4, 0.5) is 37.5 Å². The number of anilines is 5.